The van der Waals surface area contributed by atoms with Gasteiger partial charge in [-0.1, -0.05) is 12.1 Å². The van der Waals surface area contributed by atoms with Gasteiger partial charge in [-0.2, -0.15) is 0 Å². The maximum Gasteiger partial charge on any atom is 0.128 e. The molecule has 0 bridgehead atoms. The Bertz CT molecular complexity index is 474. The summed E-state index contributed by atoms with van der Waals surface area (Å²) in [5, 5.41) is 0. The number of nitrogens with zero attached hydrogens (tertiary/aromatic N) is 2. The highest BCUT2D eigenvalue weighted by Gasteiger charge is 2.06. The quantitative estimate of drug-likeness (QED) is 0.632. The Balaban J connectivity index is 2.53. The van der Waals surface area contributed by atoms with Crippen LogP contribution in [0.25, 0.3) is 11.3 Å². The van der Waals surface area contributed by atoms with Crippen molar-refractivity contribution in [3.63, 3.8) is 0 Å². The molecule has 2 rings (SSSR count). The second kappa shape index (κ2) is 4.57. The molecule has 0 amide bonds. The van der Waals surface area contributed by atoms with Crippen molar-refractivity contribution in [1.82, 2.24) is 9.97 Å². The van der Waals surface area contributed by atoms with E-state index < -0.39 is 0 Å². The Hall–Kier alpha value is -1.17. The number of halogens is 1. The van der Waals surface area contributed by atoms with E-state index >= 15 is 0 Å². The number of methoxy groups -OCH3 is 1. The van der Waals surface area contributed by atoms with Crippen molar-refractivity contribution in [1.29, 1.82) is 0 Å². The number of aromatic nitrogens is 2. The molecule has 2 aromatic rings. The first kappa shape index (κ1) is 10.4. The molecule has 0 aliphatic carbocycles. The van der Waals surface area contributed by atoms with E-state index in [1.165, 1.54) is 0 Å². The Kier molecular flexibility index (Phi) is 3.15. The standard InChI is InChI=1S/C11H9IN2O/c1-15-10-5-3-2-4-8(10)9-6-11(12)14-7-13-9/h2-7H,1H3. The molecule has 0 saturated carbocycles. The van der Waals surface area contributed by atoms with Gasteiger partial charge in [0.1, 0.15) is 15.8 Å². The molecule has 1 aromatic heterocycles. The van der Waals surface area contributed by atoms with Crippen molar-refractivity contribution < 1.29 is 4.74 Å². The molecule has 0 saturated heterocycles. The molecule has 1 aromatic carbocycles. The van der Waals surface area contributed by atoms with E-state index in [-0.39, 0.29) is 0 Å². The van der Waals surface area contributed by atoms with E-state index in [0.717, 1.165) is 20.7 Å². The lowest BCUT2D eigenvalue weighted by atomic mass is 10.1. The first-order chi connectivity index (χ1) is 7.31. The molecule has 0 fully saturated rings. The van der Waals surface area contributed by atoms with Gasteiger partial charge in [-0.3, -0.25) is 0 Å². The molecule has 0 unspecified atom stereocenters. The second-order valence-corrected chi connectivity index (χ2v) is 4.03. The maximum absolute atomic E-state index is 5.28. The number of ether oxygens (including phenoxy) is 1. The lowest BCUT2D eigenvalue weighted by molar-refractivity contribution is 0.416. The summed E-state index contributed by atoms with van der Waals surface area (Å²) in [7, 11) is 1.66. The van der Waals surface area contributed by atoms with E-state index in [1.54, 1.807) is 13.4 Å². The van der Waals surface area contributed by atoms with Gasteiger partial charge in [0.25, 0.3) is 0 Å². The lowest BCUT2D eigenvalue weighted by Crippen LogP contribution is -1.91. The number of para-hydroxylation sites is 1. The van der Waals surface area contributed by atoms with Gasteiger partial charge < -0.3 is 4.74 Å². The van der Waals surface area contributed by atoms with Gasteiger partial charge in [-0.05, 0) is 40.8 Å². The summed E-state index contributed by atoms with van der Waals surface area (Å²) in [6.45, 7) is 0. The van der Waals surface area contributed by atoms with Crippen molar-refractivity contribution in [3.8, 4) is 17.0 Å². The molecule has 1 heterocycles. The van der Waals surface area contributed by atoms with Crippen LogP contribution in [0.1, 0.15) is 0 Å². The highest BCUT2D eigenvalue weighted by atomic mass is 127. The molecule has 3 nitrogen and oxygen atoms in total. The predicted octanol–water partition coefficient (Wildman–Crippen LogP) is 2.76. The van der Waals surface area contributed by atoms with Gasteiger partial charge in [0.2, 0.25) is 0 Å². The first-order valence-electron chi connectivity index (χ1n) is 4.42. The topological polar surface area (TPSA) is 35.0 Å². The zero-order valence-corrected chi connectivity index (χ0v) is 10.3. The number of hydrogen-bond acceptors (Lipinski definition) is 3. The molecule has 0 aliphatic rings. The van der Waals surface area contributed by atoms with Crippen LogP contribution < -0.4 is 4.74 Å². The van der Waals surface area contributed by atoms with Gasteiger partial charge >= 0.3 is 0 Å². The monoisotopic (exact) mass is 312 g/mol. The normalized spacial score (nSPS) is 10.0. The van der Waals surface area contributed by atoms with Crippen molar-refractivity contribution in [3.05, 3.63) is 40.4 Å². The average molecular weight is 312 g/mol. The molecule has 0 atom stereocenters. The van der Waals surface area contributed by atoms with E-state index in [0.29, 0.717) is 0 Å². The zero-order chi connectivity index (χ0) is 10.7. The molecule has 0 aliphatic heterocycles. The fourth-order valence-corrected chi connectivity index (χ4v) is 1.76. The van der Waals surface area contributed by atoms with Gasteiger partial charge in [0, 0.05) is 5.56 Å². The molecule has 0 N–H and O–H groups in total. The number of hydrogen-bond donors (Lipinski definition) is 0. The highest BCUT2D eigenvalue weighted by molar-refractivity contribution is 14.1. The molecule has 0 spiro atoms. The van der Waals surface area contributed by atoms with Crippen LogP contribution in [0.2, 0.25) is 0 Å². The average Bonchev–Trinajstić information content (AvgIpc) is 2.29. The van der Waals surface area contributed by atoms with Gasteiger partial charge in [0.15, 0.2) is 0 Å². The Morgan fingerprint density at radius 2 is 2.00 bits per heavy atom. The number of benzene rings is 1. The second-order valence-electron chi connectivity index (χ2n) is 2.93. The summed E-state index contributed by atoms with van der Waals surface area (Å²) >= 11 is 2.16. The molecule has 4 heteroatoms. The van der Waals surface area contributed by atoms with Crippen molar-refractivity contribution >= 4 is 22.6 Å². The largest absolute Gasteiger partial charge is 0.496 e. The van der Waals surface area contributed by atoms with Crippen LogP contribution in [-0.2, 0) is 0 Å². The minimum absolute atomic E-state index is 0.826. The summed E-state index contributed by atoms with van der Waals surface area (Å²) in [6.07, 6.45) is 1.56. The summed E-state index contributed by atoms with van der Waals surface area (Å²) in [5.41, 5.74) is 1.87. The predicted molar refractivity (Wildman–Crippen MR) is 66.7 cm³/mol. The SMILES string of the molecule is COc1ccccc1-c1cc(I)ncn1. The Morgan fingerprint density at radius 3 is 2.73 bits per heavy atom. The van der Waals surface area contributed by atoms with Crippen LogP contribution in [0.3, 0.4) is 0 Å². The summed E-state index contributed by atoms with van der Waals surface area (Å²) in [5.74, 6) is 0.826. The van der Waals surface area contributed by atoms with Gasteiger partial charge in [-0.15, -0.1) is 0 Å². The van der Waals surface area contributed by atoms with Crippen LogP contribution in [0.5, 0.6) is 5.75 Å². The van der Waals surface area contributed by atoms with Crippen molar-refractivity contribution in [2.75, 3.05) is 7.11 Å². The molecule has 15 heavy (non-hydrogen) atoms. The fraction of sp³-hybridized carbons (Fsp3) is 0.0909. The van der Waals surface area contributed by atoms with Gasteiger partial charge in [-0.25, -0.2) is 9.97 Å². The van der Waals surface area contributed by atoms with Gasteiger partial charge in [0.05, 0.1) is 12.8 Å². The van der Waals surface area contributed by atoms with Crippen LogP contribution in [0, 0.1) is 3.70 Å². The molecular weight excluding hydrogens is 303 g/mol. The van der Waals surface area contributed by atoms with Crippen LogP contribution in [-0.4, -0.2) is 17.1 Å². The van der Waals surface area contributed by atoms with E-state index in [1.807, 2.05) is 30.3 Å². The Morgan fingerprint density at radius 1 is 1.20 bits per heavy atom. The van der Waals surface area contributed by atoms with Crippen molar-refractivity contribution in [2.45, 2.75) is 0 Å². The minimum Gasteiger partial charge on any atom is -0.496 e. The minimum atomic E-state index is 0.826. The summed E-state index contributed by atoms with van der Waals surface area (Å²) in [6, 6.07) is 9.74. The summed E-state index contributed by atoms with van der Waals surface area (Å²) in [4.78, 5) is 8.28. The van der Waals surface area contributed by atoms with Crippen molar-refractivity contribution in [2.24, 2.45) is 0 Å². The summed E-state index contributed by atoms with van der Waals surface area (Å²) < 4.78 is 6.20. The third kappa shape index (κ3) is 2.26. The zero-order valence-electron chi connectivity index (χ0n) is 8.14. The maximum atomic E-state index is 5.28. The fourth-order valence-electron chi connectivity index (χ4n) is 1.34. The Labute approximate surface area is 102 Å². The lowest BCUT2D eigenvalue weighted by Gasteiger charge is -2.06. The van der Waals surface area contributed by atoms with E-state index in [9.17, 15) is 0 Å². The third-order valence-electron chi connectivity index (χ3n) is 2.02. The highest BCUT2D eigenvalue weighted by Crippen LogP contribution is 2.27. The van der Waals surface area contributed by atoms with E-state index in [4.69, 9.17) is 4.74 Å². The third-order valence-corrected chi connectivity index (χ3v) is 2.61. The van der Waals surface area contributed by atoms with Crippen LogP contribution in [0.15, 0.2) is 36.7 Å². The molecular formula is C11H9IN2O. The molecule has 0 radical (unpaired) electrons. The number of rotatable bonds is 2. The van der Waals surface area contributed by atoms with Crippen LogP contribution >= 0.6 is 22.6 Å². The van der Waals surface area contributed by atoms with E-state index in [2.05, 4.69) is 32.6 Å². The molecule has 76 valence electrons. The van der Waals surface area contributed by atoms with Crippen LogP contribution in [0.4, 0.5) is 0 Å². The first-order valence-corrected chi connectivity index (χ1v) is 5.50. The smallest absolute Gasteiger partial charge is 0.128 e.